The largest absolute Gasteiger partial charge is 0.301 e. The van der Waals surface area contributed by atoms with Crippen LogP contribution in [0.2, 0.25) is 0 Å². The van der Waals surface area contributed by atoms with Crippen molar-refractivity contribution in [2.45, 2.75) is 31.3 Å². The molecule has 0 N–H and O–H groups in total. The molecule has 15 heavy (non-hydrogen) atoms. The maximum absolute atomic E-state index is 5.50. The van der Waals surface area contributed by atoms with Crippen LogP contribution in [-0.4, -0.2) is 18.2 Å². The number of nitrogens with zero attached hydrogens (tertiary/aromatic N) is 1. The summed E-state index contributed by atoms with van der Waals surface area (Å²) in [6.07, 6.45) is 4.03. The lowest BCUT2D eigenvalue weighted by atomic mass is 9.80. The van der Waals surface area contributed by atoms with Crippen LogP contribution in [0.1, 0.15) is 30.9 Å². The van der Waals surface area contributed by atoms with Gasteiger partial charge in [0, 0.05) is 6.04 Å². The average Bonchev–Trinajstić information content (AvgIpc) is 2.65. The van der Waals surface area contributed by atoms with Crippen molar-refractivity contribution in [3.05, 3.63) is 35.9 Å². The van der Waals surface area contributed by atoms with E-state index in [1.54, 1.807) is 7.11 Å². The van der Waals surface area contributed by atoms with Crippen LogP contribution in [0.4, 0.5) is 0 Å². The molecule has 2 aliphatic rings. The molecule has 3 rings (SSSR count). The standard InChI is InChI=1S/C13H17NO/c1-15-14-12-9-5-8-11(12)13(14)10-6-3-2-4-7-10/h2-4,6-7,11-13H,5,8-9H2,1H3/t11?,12?,13-/m1/s1. The highest BCUT2D eigenvalue weighted by Gasteiger charge is 2.51. The Morgan fingerprint density at radius 3 is 2.73 bits per heavy atom. The highest BCUT2D eigenvalue weighted by Crippen LogP contribution is 2.52. The molecule has 0 aromatic heterocycles. The highest BCUT2D eigenvalue weighted by atomic mass is 16.7. The molecule has 2 nitrogen and oxygen atoms in total. The number of hydroxylamine groups is 2. The lowest BCUT2D eigenvalue weighted by Crippen LogP contribution is -2.54. The predicted octanol–water partition coefficient (Wildman–Crippen LogP) is 2.77. The van der Waals surface area contributed by atoms with Crippen LogP contribution in [0.15, 0.2) is 30.3 Å². The van der Waals surface area contributed by atoms with Crippen molar-refractivity contribution < 1.29 is 4.84 Å². The van der Waals surface area contributed by atoms with Gasteiger partial charge in [-0.2, -0.15) is 5.06 Å². The fourth-order valence-corrected chi connectivity index (χ4v) is 3.24. The van der Waals surface area contributed by atoms with Gasteiger partial charge in [0.15, 0.2) is 0 Å². The third-order valence-corrected chi connectivity index (χ3v) is 3.89. The minimum Gasteiger partial charge on any atom is -0.301 e. The molecule has 1 aromatic carbocycles. The lowest BCUT2D eigenvalue weighted by Gasteiger charge is -2.50. The first kappa shape index (κ1) is 9.37. The normalized spacial score (nSPS) is 34.9. The van der Waals surface area contributed by atoms with Gasteiger partial charge in [0.1, 0.15) is 0 Å². The molecule has 0 amide bonds. The summed E-state index contributed by atoms with van der Waals surface area (Å²) in [7, 11) is 1.80. The van der Waals surface area contributed by atoms with Crippen LogP contribution in [0, 0.1) is 5.92 Å². The Balaban J connectivity index is 1.86. The molecule has 3 atom stereocenters. The maximum atomic E-state index is 5.50. The van der Waals surface area contributed by atoms with Gasteiger partial charge in [0.25, 0.3) is 0 Å². The van der Waals surface area contributed by atoms with Crippen LogP contribution >= 0.6 is 0 Å². The van der Waals surface area contributed by atoms with E-state index in [4.69, 9.17) is 4.84 Å². The summed E-state index contributed by atoms with van der Waals surface area (Å²) < 4.78 is 0. The lowest BCUT2D eigenvalue weighted by molar-refractivity contribution is -0.274. The summed E-state index contributed by atoms with van der Waals surface area (Å²) >= 11 is 0. The van der Waals surface area contributed by atoms with Gasteiger partial charge in [-0.25, -0.2) is 0 Å². The van der Waals surface area contributed by atoms with E-state index in [0.29, 0.717) is 12.1 Å². The molecule has 1 saturated carbocycles. The molecule has 1 saturated heterocycles. The zero-order valence-corrected chi connectivity index (χ0v) is 9.10. The Bertz CT molecular complexity index is 338. The molecule has 1 aliphatic heterocycles. The average molecular weight is 203 g/mol. The zero-order chi connectivity index (χ0) is 10.3. The molecule has 2 heteroatoms. The molecular weight excluding hydrogens is 186 g/mol. The molecule has 2 fully saturated rings. The summed E-state index contributed by atoms with van der Waals surface area (Å²) in [6.45, 7) is 0. The summed E-state index contributed by atoms with van der Waals surface area (Å²) in [5.74, 6) is 0.826. The van der Waals surface area contributed by atoms with Crippen molar-refractivity contribution in [3.63, 3.8) is 0 Å². The van der Waals surface area contributed by atoms with E-state index >= 15 is 0 Å². The summed E-state index contributed by atoms with van der Waals surface area (Å²) in [5, 5.41) is 2.19. The van der Waals surface area contributed by atoms with E-state index in [2.05, 4.69) is 35.4 Å². The van der Waals surface area contributed by atoms with E-state index < -0.39 is 0 Å². The van der Waals surface area contributed by atoms with Gasteiger partial charge in [-0.15, -0.1) is 0 Å². The Labute approximate surface area is 90.8 Å². The Hall–Kier alpha value is -0.860. The Kier molecular flexibility index (Phi) is 2.26. The molecule has 0 radical (unpaired) electrons. The first-order valence-corrected chi connectivity index (χ1v) is 5.79. The number of fused-ring (bicyclic) bond motifs is 1. The first-order valence-electron chi connectivity index (χ1n) is 5.79. The van der Waals surface area contributed by atoms with E-state index in [0.717, 1.165) is 5.92 Å². The van der Waals surface area contributed by atoms with Crippen molar-refractivity contribution in [1.29, 1.82) is 0 Å². The quantitative estimate of drug-likeness (QED) is 0.732. The monoisotopic (exact) mass is 203 g/mol. The second kappa shape index (κ2) is 3.62. The van der Waals surface area contributed by atoms with Crippen molar-refractivity contribution in [3.8, 4) is 0 Å². The molecule has 0 bridgehead atoms. The molecule has 1 heterocycles. The van der Waals surface area contributed by atoms with Crippen molar-refractivity contribution in [2.24, 2.45) is 5.92 Å². The number of rotatable bonds is 2. The van der Waals surface area contributed by atoms with Crippen LogP contribution in [0.25, 0.3) is 0 Å². The molecule has 1 aliphatic carbocycles. The molecule has 1 aromatic rings. The van der Waals surface area contributed by atoms with Gasteiger partial charge in [-0.05, 0) is 24.3 Å². The van der Waals surface area contributed by atoms with E-state index in [9.17, 15) is 0 Å². The third-order valence-electron chi connectivity index (χ3n) is 3.89. The fourth-order valence-electron chi connectivity index (χ4n) is 3.24. The Morgan fingerprint density at radius 1 is 1.20 bits per heavy atom. The van der Waals surface area contributed by atoms with Gasteiger partial charge >= 0.3 is 0 Å². The van der Waals surface area contributed by atoms with Crippen LogP contribution in [0.3, 0.4) is 0 Å². The van der Waals surface area contributed by atoms with Gasteiger partial charge in [-0.1, -0.05) is 36.8 Å². The van der Waals surface area contributed by atoms with Crippen LogP contribution in [-0.2, 0) is 4.84 Å². The minimum absolute atomic E-state index is 0.503. The van der Waals surface area contributed by atoms with Crippen molar-refractivity contribution in [2.75, 3.05) is 7.11 Å². The number of hydrogen-bond acceptors (Lipinski definition) is 2. The van der Waals surface area contributed by atoms with Crippen molar-refractivity contribution >= 4 is 0 Å². The van der Waals surface area contributed by atoms with E-state index in [1.807, 2.05) is 0 Å². The Morgan fingerprint density at radius 2 is 2.00 bits per heavy atom. The number of benzene rings is 1. The number of hydrogen-bond donors (Lipinski definition) is 0. The molecule has 2 unspecified atom stereocenters. The van der Waals surface area contributed by atoms with E-state index in [1.165, 1.54) is 24.8 Å². The van der Waals surface area contributed by atoms with Gasteiger partial charge < -0.3 is 4.84 Å². The molecule has 80 valence electrons. The second-order valence-electron chi connectivity index (χ2n) is 4.56. The summed E-state index contributed by atoms with van der Waals surface area (Å²) in [6, 6.07) is 11.9. The smallest absolute Gasteiger partial charge is 0.0649 e. The third kappa shape index (κ3) is 1.32. The zero-order valence-electron chi connectivity index (χ0n) is 9.10. The topological polar surface area (TPSA) is 12.5 Å². The SMILES string of the molecule is CON1C2CCCC2[C@H]1c1ccccc1. The molecular formula is C13H17NO. The van der Waals surface area contributed by atoms with Gasteiger partial charge in [0.2, 0.25) is 0 Å². The fraction of sp³-hybridized carbons (Fsp3) is 0.538. The maximum Gasteiger partial charge on any atom is 0.0649 e. The summed E-state index contributed by atoms with van der Waals surface area (Å²) in [5.41, 5.74) is 1.41. The predicted molar refractivity (Wildman–Crippen MR) is 59.2 cm³/mol. The second-order valence-corrected chi connectivity index (χ2v) is 4.56. The van der Waals surface area contributed by atoms with E-state index in [-0.39, 0.29) is 0 Å². The first-order chi connectivity index (χ1) is 7.42. The van der Waals surface area contributed by atoms with Crippen LogP contribution in [0.5, 0.6) is 0 Å². The van der Waals surface area contributed by atoms with Gasteiger partial charge in [-0.3, -0.25) is 0 Å². The van der Waals surface area contributed by atoms with Gasteiger partial charge in [0.05, 0.1) is 13.2 Å². The molecule has 0 spiro atoms. The summed E-state index contributed by atoms with van der Waals surface area (Å²) in [4.78, 5) is 5.50. The van der Waals surface area contributed by atoms with Crippen LogP contribution < -0.4 is 0 Å². The minimum atomic E-state index is 0.503. The van der Waals surface area contributed by atoms with Crippen molar-refractivity contribution in [1.82, 2.24) is 5.06 Å². The highest BCUT2D eigenvalue weighted by molar-refractivity contribution is 5.24.